The number of amides is 5. The fourth-order valence-electron chi connectivity index (χ4n) is 0.978. The molecule has 0 spiro atoms. The summed E-state index contributed by atoms with van der Waals surface area (Å²) in [4.78, 5) is 32.7. The van der Waals surface area contributed by atoms with Crippen molar-refractivity contribution in [2.45, 2.75) is 6.92 Å². The molecule has 6 heteroatoms. The lowest BCUT2D eigenvalue weighted by Crippen LogP contribution is -2.43. The second-order valence-electron chi connectivity index (χ2n) is 2.96. The molecule has 0 aliphatic rings. The SMILES string of the molecule is CC(=O)NC(=O)NC(=O)Nc1ccccc1. The zero-order valence-corrected chi connectivity index (χ0v) is 8.61. The number of nitrogens with one attached hydrogen (secondary N) is 3. The van der Waals surface area contributed by atoms with Gasteiger partial charge in [-0.2, -0.15) is 0 Å². The first kappa shape index (κ1) is 11.7. The maximum absolute atomic E-state index is 11.2. The fraction of sp³-hybridized carbons (Fsp3) is 0.100. The van der Waals surface area contributed by atoms with E-state index in [-0.39, 0.29) is 0 Å². The third-order valence-corrected chi connectivity index (χ3v) is 1.55. The zero-order chi connectivity index (χ0) is 12.0. The van der Waals surface area contributed by atoms with Crippen LogP contribution in [0.2, 0.25) is 0 Å². The lowest BCUT2D eigenvalue weighted by atomic mass is 10.3. The number of hydrogen-bond acceptors (Lipinski definition) is 3. The predicted molar refractivity (Wildman–Crippen MR) is 57.8 cm³/mol. The molecular weight excluding hydrogens is 210 g/mol. The smallest absolute Gasteiger partial charge is 0.308 e. The topological polar surface area (TPSA) is 87.3 Å². The maximum atomic E-state index is 11.2. The Kier molecular flexibility index (Phi) is 4.02. The number of carbonyl (C=O) groups is 3. The van der Waals surface area contributed by atoms with Gasteiger partial charge in [-0.05, 0) is 12.1 Å². The van der Waals surface area contributed by atoms with Gasteiger partial charge in [0.05, 0.1) is 0 Å². The van der Waals surface area contributed by atoms with Gasteiger partial charge < -0.3 is 5.32 Å². The van der Waals surface area contributed by atoms with Crippen LogP contribution in [0.15, 0.2) is 30.3 Å². The van der Waals surface area contributed by atoms with Gasteiger partial charge in [0.25, 0.3) is 0 Å². The predicted octanol–water partition coefficient (Wildman–Crippen LogP) is 1.06. The first-order chi connectivity index (χ1) is 7.58. The van der Waals surface area contributed by atoms with Crippen LogP contribution in [-0.4, -0.2) is 18.0 Å². The van der Waals surface area contributed by atoms with Crippen molar-refractivity contribution in [2.24, 2.45) is 0 Å². The molecule has 3 N–H and O–H groups in total. The van der Waals surface area contributed by atoms with Gasteiger partial charge in [0, 0.05) is 12.6 Å². The number of imide groups is 2. The molecule has 0 aromatic heterocycles. The van der Waals surface area contributed by atoms with Crippen LogP contribution in [-0.2, 0) is 4.79 Å². The first-order valence-corrected chi connectivity index (χ1v) is 4.52. The van der Waals surface area contributed by atoms with E-state index in [9.17, 15) is 14.4 Å². The summed E-state index contributed by atoms with van der Waals surface area (Å²) in [7, 11) is 0. The highest BCUT2D eigenvalue weighted by Crippen LogP contribution is 2.03. The van der Waals surface area contributed by atoms with Crippen LogP contribution in [0, 0.1) is 0 Å². The van der Waals surface area contributed by atoms with Crippen molar-refractivity contribution in [3.05, 3.63) is 30.3 Å². The minimum absolute atomic E-state index is 0.537. The molecule has 0 fully saturated rings. The van der Waals surface area contributed by atoms with Crippen molar-refractivity contribution in [3.8, 4) is 0 Å². The Bertz CT molecular complexity index is 403. The van der Waals surface area contributed by atoms with Crippen molar-refractivity contribution in [1.82, 2.24) is 10.6 Å². The largest absolute Gasteiger partial charge is 0.329 e. The van der Waals surface area contributed by atoms with Gasteiger partial charge >= 0.3 is 12.1 Å². The van der Waals surface area contributed by atoms with E-state index in [0.29, 0.717) is 5.69 Å². The normalized spacial score (nSPS) is 9.06. The van der Waals surface area contributed by atoms with Crippen molar-refractivity contribution in [2.75, 3.05) is 5.32 Å². The van der Waals surface area contributed by atoms with Crippen LogP contribution in [0.1, 0.15) is 6.92 Å². The monoisotopic (exact) mass is 221 g/mol. The molecule has 1 rings (SSSR count). The summed E-state index contributed by atoms with van der Waals surface area (Å²) in [5.41, 5.74) is 0.552. The second-order valence-corrected chi connectivity index (χ2v) is 2.96. The number of urea groups is 2. The minimum atomic E-state index is -0.860. The Morgan fingerprint density at radius 3 is 2.12 bits per heavy atom. The maximum Gasteiger partial charge on any atom is 0.329 e. The van der Waals surface area contributed by atoms with E-state index in [1.807, 2.05) is 10.6 Å². The molecule has 0 saturated carbocycles. The molecule has 0 heterocycles. The zero-order valence-electron chi connectivity index (χ0n) is 8.61. The van der Waals surface area contributed by atoms with Crippen LogP contribution in [0.5, 0.6) is 0 Å². The standard InChI is InChI=1S/C10H11N3O3/c1-7(14)11-9(15)13-10(16)12-8-5-3-2-4-6-8/h2-6H,1H3,(H3,11,12,13,14,15,16). The molecule has 0 aliphatic carbocycles. The van der Waals surface area contributed by atoms with E-state index in [0.717, 1.165) is 0 Å². The number of benzene rings is 1. The fourth-order valence-corrected chi connectivity index (χ4v) is 0.978. The lowest BCUT2D eigenvalue weighted by Gasteiger charge is -2.05. The summed E-state index contributed by atoms with van der Waals surface area (Å²) < 4.78 is 0. The number of para-hydroxylation sites is 1. The first-order valence-electron chi connectivity index (χ1n) is 4.52. The molecule has 0 unspecified atom stereocenters. The van der Waals surface area contributed by atoms with Gasteiger partial charge in [-0.3, -0.25) is 15.4 Å². The van der Waals surface area contributed by atoms with Crippen LogP contribution in [0.3, 0.4) is 0 Å². The summed E-state index contributed by atoms with van der Waals surface area (Å²) >= 11 is 0. The molecule has 0 radical (unpaired) electrons. The third kappa shape index (κ3) is 4.23. The van der Waals surface area contributed by atoms with E-state index in [4.69, 9.17) is 0 Å². The number of carbonyl (C=O) groups excluding carboxylic acids is 3. The van der Waals surface area contributed by atoms with Crippen LogP contribution in [0.25, 0.3) is 0 Å². The number of anilines is 1. The molecule has 0 aliphatic heterocycles. The van der Waals surface area contributed by atoms with E-state index in [1.165, 1.54) is 6.92 Å². The molecule has 0 saturated heterocycles. The summed E-state index contributed by atoms with van der Waals surface area (Å²) in [6.07, 6.45) is 0. The van der Waals surface area contributed by atoms with Crippen molar-refractivity contribution >= 4 is 23.7 Å². The van der Waals surface area contributed by atoms with E-state index >= 15 is 0 Å². The van der Waals surface area contributed by atoms with E-state index in [1.54, 1.807) is 30.3 Å². The van der Waals surface area contributed by atoms with Crippen molar-refractivity contribution < 1.29 is 14.4 Å². The summed E-state index contributed by atoms with van der Waals surface area (Å²) in [6.45, 7) is 1.18. The Morgan fingerprint density at radius 2 is 1.56 bits per heavy atom. The van der Waals surface area contributed by atoms with Crippen LogP contribution < -0.4 is 16.0 Å². The van der Waals surface area contributed by atoms with Gasteiger partial charge in [-0.1, -0.05) is 18.2 Å². The van der Waals surface area contributed by atoms with Gasteiger partial charge in [0.1, 0.15) is 0 Å². The Labute approximate surface area is 92.0 Å². The average Bonchev–Trinajstić information content (AvgIpc) is 2.17. The molecule has 1 aromatic rings. The highest BCUT2D eigenvalue weighted by atomic mass is 16.2. The van der Waals surface area contributed by atoms with Crippen molar-refractivity contribution in [3.63, 3.8) is 0 Å². The summed E-state index contributed by atoms with van der Waals surface area (Å²) in [5, 5.41) is 6.27. The average molecular weight is 221 g/mol. The molecule has 16 heavy (non-hydrogen) atoms. The highest BCUT2D eigenvalue weighted by Gasteiger charge is 2.07. The van der Waals surface area contributed by atoms with Gasteiger partial charge in [-0.15, -0.1) is 0 Å². The number of hydrogen-bond donors (Lipinski definition) is 3. The molecular formula is C10H11N3O3. The van der Waals surface area contributed by atoms with Crippen LogP contribution >= 0.6 is 0 Å². The Hall–Kier alpha value is -2.37. The van der Waals surface area contributed by atoms with Gasteiger partial charge in [0.2, 0.25) is 5.91 Å². The van der Waals surface area contributed by atoms with Gasteiger partial charge in [0.15, 0.2) is 0 Å². The van der Waals surface area contributed by atoms with E-state index in [2.05, 4.69) is 5.32 Å². The lowest BCUT2D eigenvalue weighted by molar-refractivity contribution is -0.117. The third-order valence-electron chi connectivity index (χ3n) is 1.55. The Morgan fingerprint density at radius 1 is 0.938 bits per heavy atom. The molecule has 1 aromatic carbocycles. The Balaban J connectivity index is 2.42. The second kappa shape index (κ2) is 5.50. The minimum Gasteiger partial charge on any atom is -0.308 e. The molecule has 0 atom stereocenters. The number of rotatable bonds is 1. The summed E-state index contributed by atoms with van der Waals surface area (Å²) in [6, 6.07) is 7.05. The summed E-state index contributed by atoms with van der Waals surface area (Å²) in [5.74, 6) is -0.537. The highest BCUT2D eigenvalue weighted by molar-refractivity contribution is 6.04. The van der Waals surface area contributed by atoms with Gasteiger partial charge in [-0.25, -0.2) is 9.59 Å². The molecule has 6 nitrogen and oxygen atoms in total. The molecule has 0 bridgehead atoms. The van der Waals surface area contributed by atoms with Crippen molar-refractivity contribution in [1.29, 1.82) is 0 Å². The molecule has 5 amide bonds. The molecule has 84 valence electrons. The quantitative estimate of drug-likeness (QED) is 0.662. The van der Waals surface area contributed by atoms with Crippen LogP contribution in [0.4, 0.5) is 15.3 Å². The van der Waals surface area contributed by atoms with E-state index < -0.39 is 18.0 Å².